The van der Waals surface area contributed by atoms with Crippen LogP contribution in [-0.2, 0) is 14.3 Å². The van der Waals surface area contributed by atoms with Crippen LogP contribution in [-0.4, -0.2) is 42.1 Å². The summed E-state index contributed by atoms with van der Waals surface area (Å²) in [5.41, 5.74) is 2.38. The number of hydrogen-bond acceptors (Lipinski definition) is 5. The summed E-state index contributed by atoms with van der Waals surface area (Å²) in [4.78, 5) is 24.6. The number of amides is 1. The van der Waals surface area contributed by atoms with Crippen molar-refractivity contribution in [2.75, 3.05) is 19.9 Å². The fourth-order valence-corrected chi connectivity index (χ4v) is 2.20. The Kier molecular flexibility index (Phi) is 8.15. The zero-order chi connectivity index (χ0) is 18.1. The van der Waals surface area contributed by atoms with Crippen molar-refractivity contribution in [3.8, 4) is 5.75 Å². The second-order valence-electron chi connectivity index (χ2n) is 5.44. The Morgan fingerprint density at radius 1 is 1.25 bits per heavy atom. The predicted octanol–water partition coefficient (Wildman–Crippen LogP) is 2.32. The Labute approximate surface area is 142 Å². The summed E-state index contributed by atoms with van der Waals surface area (Å²) < 4.78 is 11.1. The topological polar surface area (TPSA) is 76.1 Å². The molecule has 132 valence electrons. The van der Waals surface area contributed by atoms with Crippen molar-refractivity contribution in [3.63, 3.8) is 0 Å². The van der Waals surface area contributed by atoms with Crippen molar-refractivity contribution >= 4 is 12.2 Å². The molecular weight excluding hydrogens is 310 g/mol. The molecule has 1 amide bonds. The molecule has 1 aromatic rings. The van der Waals surface area contributed by atoms with E-state index in [0.29, 0.717) is 24.0 Å². The molecule has 0 spiro atoms. The molecule has 0 aliphatic rings. The summed E-state index contributed by atoms with van der Waals surface area (Å²) in [5, 5.41) is 8.83. The summed E-state index contributed by atoms with van der Waals surface area (Å²) in [6.07, 6.45) is 1.09. The SMILES string of the molecule is CC/C(C=O)=C(\Oc1cc(C)cc(C)c1)N(COCCO)C(C)=O. The minimum Gasteiger partial charge on any atom is -0.440 e. The molecule has 1 rings (SSSR count). The van der Waals surface area contributed by atoms with Crippen LogP contribution in [0, 0.1) is 13.8 Å². The molecule has 0 fully saturated rings. The van der Waals surface area contributed by atoms with Crippen molar-refractivity contribution in [3.05, 3.63) is 40.8 Å². The van der Waals surface area contributed by atoms with E-state index in [1.165, 1.54) is 11.8 Å². The van der Waals surface area contributed by atoms with Crippen LogP contribution >= 0.6 is 0 Å². The number of ether oxygens (including phenoxy) is 2. The van der Waals surface area contributed by atoms with E-state index in [1.54, 1.807) is 0 Å². The van der Waals surface area contributed by atoms with Gasteiger partial charge in [-0.1, -0.05) is 13.0 Å². The summed E-state index contributed by atoms with van der Waals surface area (Å²) in [6.45, 7) is 6.88. The number of rotatable bonds is 9. The number of benzene rings is 1. The van der Waals surface area contributed by atoms with Crippen molar-refractivity contribution in [1.82, 2.24) is 4.90 Å². The predicted molar refractivity (Wildman–Crippen MR) is 90.3 cm³/mol. The van der Waals surface area contributed by atoms with Gasteiger partial charge in [0.1, 0.15) is 12.5 Å². The number of allylic oxidation sites excluding steroid dienone is 1. The summed E-state index contributed by atoms with van der Waals surface area (Å²) >= 11 is 0. The fraction of sp³-hybridized carbons (Fsp3) is 0.444. The maximum atomic E-state index is 12.0. The Morgan fingerprint density at radius 3 is 2.33 bits per heavy atom. The normalized spacial score (nSPS) is 11.7. The van der Waals surface area contributed by atoms with Crippen LogP contribution in [0.2, 0.25) is 0 Å². The zero-order valence-corrected chi connectivity index (χ0v) is 14.7. The number of hydrogen-bond donors (Lipinski definition) is 1. The lowest BCUT2D eigenvalue weighted by Gasteiger charge is -2.25. The average Bonchev–Trinajstić information content (AvgIpc) is 2.50. The summed E-state index contributed by atoms with van der Waals surface area (Å²) in [6, 6.07) is 5.67. The summed E-state index contributed by atoms with van der Waals surface area (Å²) in [5.74, 6) is 0.381. The van der Waals surface area contributed by atoms with Gasteiger partial charge in [0.2, 0.25) is 11.8 Å². The minimum absolute atomic E-state index is 0.0865. The van der Waals surface area contributed by atoms with E-state index in [2.05, 4.69) is 0 Å². The first kappa shape index (κ1) is 19.9. The number of aliphatic hydroxyl groups excluding tert-OH is 1. The average molecular weight is 335 g/mol. The molecular formula is C18H25NO5. The van der Waals surface area contributed by atoms with Gasteiger partial charge in [-0.15, -0.1) is 0 Å². The first-order chi connectivity index (χ1) is 11.4. The van der Waals surface area contributed by atoms with Crippen LogP contribution in [0.25, 0.3) is 0 Å². The van der Waals surface area contributed by atoms with Crippen LogP contribution < -0.4 is 4.74 Å². The maximum absolute atomic E-state index is 12.0. The molecule has 0 radical (unpaired) electrons. The number of aldehydes is 1. The van der Waals surface area contributed by atoms with Crippen molar-refractivity contribution in [1.29, 1.82) is 0 Å². The highest BCUT2D eigenvalue weighted by atomic mass is 16.5. The van der Waals surface area contributed by atoms with E-state index >= 15 is 0 Å². The second kappa shape index (κ2) is 9.85. The summed E-state index contributed by atoms with van der Waals surface area (Å²) in [7, 11) is 0. The quantitative estimate of drug-likeness (QED) is 0.246. The van der Waals surface area contributed by atoms with Crippen LogP contribution in [0.5, 0.6) is 5.75 Å². The van der Waals surface area contributed by atoms with Crippen LogP contribution in [0.15, 0.2) is 29.7 Å². The maximum Gasteiger partial charge on any atom is 0.228 e. The van der Waals surface area contributed by atoms with Gasteiger partial charge in [-0.25, -0.2) is 0 Å². The third-order valence-electron chi connectivity index (χ3n) is 3.29. The molecule has 6 heteroatoms. The molecule has 6 nitrogen and oxygen atoms in total. The molecule has 0 bridgehead atoms. The Balaban J connectivity index is 3.21. The van der Waals surface area contributed by atoms with Crippen molar-refractivity contribution in [2.45, 2.75) is 34.1 Å². The van der Waals surface area contributed by atoms with E-state index in [0.717, 1.165) is 11.1 Å². The third kappa shape index (κ3) is 5.79. The highest BCUT2D eigenvalue weighted by molar-refractivity contribution is 5.79. The van der Waals surface area contributed by atoms with Gasteiger partial charge in [0.05, 0.1) is 18.8 Å². The van der Waals surface area contributed by atoms with Gasteiger partial charge in [-0.2, -0.15) is 0 Å². The molecule has 0 aliphatic carbocycles. The van der Waals surface area contributed by atoms with Gasteiger partial charge >= 0.3 is 0 Å². The van der Waals surface area contributed by atoms with Gasteiger partial charge in [0.25, 0.3) is 0 Å². The minimum atomic E-state index is -0.319. The number of carbonyl (C=O) groups is 2. The Morgan fingerprint density at radius 2 is 1.88 bits per heavy atom. The van der Waals surface area contributed by atoms with Crippen molar-refractivity contribution < 1.29 is 24.2 Å². The molecule has 0 saturated carbocycles. The Bertz CT molecular complexity index is 589. The van der Waals surface area contributed by atoms with Gasteiger partial charge in [-0.05, 0) is 43.5 Å². The second-order valence-corrected chi connectivity index (χ2v) is 5.44. The number of aliphatic hydroxyl groups is 1. The van der Waals surface area contributed by atoms with Gasteiger partial charge < -0.3 is 14.6 Å². The van der Waals surface area contributed by atoms with Gasteiger partial charge in [0, 0.05) is 6.92 Å². The highest BCUT2D eigenvalue weighted by Crippen LogP contribution is 2.23. The molecule has 0 heterocycles. The number of aryl methyl sites for hydroxylation is 2. The van der Waals surface area contributed by atoms with Crippen LogP contribution in [0.3, 0.4) is 0 Å². The molecule has 0 saturated heterocycles. The number of nitrogens with zero attached hydrogens (tertiary/aromatic N) is 1. The van der Waals surface area contributed by atoms with Crippen LogP contribution in [0.4, 0.5) is 0 Å². The van der Waals surface area contributed by atoms with E-state index in [9.17, 15) is 9.59 Å². The molecule has 24 heavy (non-hydrogen) atoms. The van der Waals surface area contributed by atoms with Crippen LogP contribution in [0.1, 0.15) is 31.4 Å². The van der Waals surface area contributed by atoms with Gasteiger partial charge in [0.15, 0.2) is 6.29 Å². The largest absolute Gasteiger partial charge is 0.440 e. The Hall–Kier alpha value is -2.18. The standard InChI is InChI=1S/C18H25NO5/c1-5-16(11-21)18(19(15(4)22)12-23-7-6-20)24-17-9-13(2)8-14(3)10-17/h8-11,20H,5-7,12H2,1-4H3/b18-16+. The fourth-order valence-electron chi connectivity index (χ4n) is 2.20. The number of carbonyl (C=O) groups excluding carboxylic acids is 2. The molecule has 0 atom stereocenters. The van der Waals surface area contributed by atoms with E-state index in [1.807, 2.05) is 39.0 Å². The van der Waals surface area contributed by atoms with E-state index in [4.69, 9.17) is 14.6 Å². The smallest absolute Gasteiger partial charge is 0.228 e. The molecule has 0 aromatic heterocycles. The highest BCUT2D eigenvalue weighted by Gasteiger charge is 2.21. The molecule has 1 aromatic carbocycles. The lowest BCUT2D eigenvalue weighted by Crippen LogP contribution is -2.34. The lowest BCUT2D eigenvalue weighted by molar-refractivity contribution is -0.134. The van der Waals surface area contributed by atoms with E-state index < -0.39 is 0 Å². The van der Waals surface area contributed by atoms with Crippen molar-refractivity contribution in [2.24, 2.45) is 0 Å². The first-order valence-corrected chi connectivity index (χ1v) is 7.84. The van der Waals surface area contributed by atoms with Gasteiger partial charge in [-0.3, -0.25) is 14.5 Å². The zero-order valence-electron chi connectivity index (χ0n) is 14.7. The third-order valence-corrected chi connectivity index (χ3v) is 3.29. The lowest BCUT2D eigenvalue weighted by atomic mass is 10.1. The first-order valence-electron chi connectivity index (χ1n) is 7.84. The molecule has 0 unspecified atom stereocenters. The molecule has 1 N–H and O–H groups in total. The monoisotopic (exact) mass is 335 g/mol. The van der Waals surface area contributed by atoms with E-state index in [-0.39, 0.29) is 31.7 Å². The molecule has 0 aliphatic heterocycles.